The Morgan fingerprint density at radius 3 is 1.40 bits per heavy atom. The Bertz CT molecular complexity index is 3870. The fourth-order valence-electron chi connectivity index (χ4n) is 15.5. The molecule has 572 valence electrons. The Labute approximate surface area is 639 Å². The van der Waals surface area contributed by atoms with Gasteiger partial charge in [0.15, 0.2) is 36.8 Å². The van der Waals surface area contributed by atoms with Gasteiger partial charge < -0.3 is 39.4 Å². The second kappa shape index (κ2) is 38.5. The molecule has 10 aliphatic rings. The molecular weight excluding hydrogens is 1550 g/mol. The molecule has 8 saturated carbocycles. The molecule has 0 radical (unpaired) electrons. The highest BCUT2D eigenvalue weighted by atomic mass is 35.5. The molecule has 8 aliphatic carbocycles. The fraction of sp³-hybridized carbons (Fsp3) is 0.373. The van der Waals surface area contributed by atoms with E-state index >= 15 is 0 Å². The molecule has 0 spiro atoms. The quantitative estimate of drug-likeness (QED) is 0.0126. The largest absolute Gasteiger partial charge is 0.691 e. The number of hydrogen-bond donors (Lipinski definition) is 1. The van der Waals surface area contributed by atoms with Gasteiger partial charge in [-0.15, -0.1) is 0 Å². The van der Waals surface area contributed by atoms with Gasteiger partial charge in [-0.05, 0) is 185 Å². The van der Waals surface area contributed by atoms with Crippen molar-refractivity contribution in [2.45, 2.75) is 140 Å². The maximum atomic E-state index is 13.4. The van der Waals surface area contributed by atoms with Gasteiger partial charge in [0, 0.05) is 22.8 Å². The number of esters is 2. The minimum atomic E-state index is -4.06. The number of carbonyl (C=O) groups excluding carboxylic acids is 5. The van der Waals surface area contributed by atoms with Crippen LogP contribution in [0.1, 0.15) is 93.8 Å². The lowest BCUT2D eigenvalue weighted by atomic mass is 9.48. The van der Waals surface area contributed by atoms with Gasteiger partial charge in [-0.25, -0.2) is 14.4 Å². The van der Waals surface area contributed by atoms with E-state index in [0.29, 0.717) is 54.2 Å². The van der Waals surface area contributed by atoms with Crippen LogP contribution in [0.2, 0.25) is 0 Å². The highest BCUT2D eigenvalue weighted by Crippen LogP contribution is 2.62. The van der Waals surface area contributed by atoms with E-state index in [0.717, 1.165) is 67.8 Å². The SMILES string of the molecule is O=C(C[S+]1CCCC1)c1ccccc1.O=C(OCC12CC3CC(CC(O)(C3)C1)C2)C(F)(F)SOO[O-].O=C(OCl)C(F)(F)SOO[O-].O=C1C2CC3CC1CC(OC(=O)C(F)(F)SOO[O-])(C3)C2.c1ccc([S+](c2ccccc2)c2ccccc2)cc1.c1ccc([S+]2c3ccccc3Oc3ccccc32)cc1. The molecule has 107 heavy (non-hydrogen) atoms. The zero-order valence-electron chi connectivity index (χ0n) is 56.9. The fourth-order valence-corrected chi connectivity index (χ4v) is 22.9. The number of hydrogen-bond acceptors (Lipinski definition) is 22. The number of Topliss-reactive ketones (excluding diaryl/α,β-unsaturated/α-hetero) is 2. The van der Waals surface area contributed by atoms with Crippen LogP contribution >= 0.6 is 48.0 Å². The molecule has 32 heteroatoms. The van der Waals surface area contributed by atoms with Crippen molar-refractivity contribution < 1.29 is 118 Å². The summed E-state index contributed by atoms with van der Waals surface area (Å²) >= 11 is 2.10. The topological polar surface area (TPSA) is 267 Å². The van der Waals surface area contributed by atoms with Gasteiger partial charge >= 0.3 is 33.7 Å². The van der Waals surface area contributed by atoms with Crippen molar-refractivity contribution >= 4 is 110 Å². The van der Waals surface area contributed by atoms with Crippen LogP contribution in [-0.2, 0) is 93.7 Å². The number of benzene rings is 7. The number of halogens is 7. The van der Waals surface area contributed by atoms with E-state index in [1.807, 2.05) is 54.6 Å². The van der Waals surface area contributed by atoms with Crippen LogP contribution in [0.4, 0.5) is 26.3 Å². The number of ketones is 2. The number of aliphatic hydroxyl groups is 1. The standard InChI is InChI=1S/C18H13OS.C18H15S.C13H18F2O6S.C12H14F2O6S.C12H15OS.C2HClF2O5S/c1-2-8-14(9-3-1)20-17-12-6-4-10-15(17)19-16-11-5-7-13-18(16)20;1-4-10-16(11-5-1)19(17-12-6-2-7-13-17)18-14-8-3-9-15-18;14-13(15,22-21-20-18)10(16)19-7-11-2-8-1-9(3-11)5-12(17,4-8)6-11;13-12(14,21-20-19-17)10(16)18-11-3-6-1-7(4-11)9(15)8(2-6)5-11;13-12(10-14-8-4-5-9-14)11-6-2-1-3-7-11;3-8-1(6)2(4,5)11-10-9-7/h1-13H;1-15H;8-9,17-18H,1-7H2;6-8,17H,1-5H2;1-3,6-7H,4-5,8-10H2;7H/q2*+1;;;+1;/p-3. The van der Waals surface area contributed by atoms with Crippen LogP contribution in [0, 0.1) is 35.0 Å². The maximum absolute atomic E-state index is 13.4. The number of para-hydroxylation sites is 2. The molecule has 4 unspecified atom stereocenters. The predicted octanol–water partition coefficient (Wildman–Crippen LogP) is 14.6. The van der Waals surface area contributed by atoms with E-state index in [9.17, 15) is 65.9 Å². The van der Waals surface area contributed by atoms with E-state index in [2.05, 4.69) is 190 Å². The zero-order valence-corrected chi connectivity index (χ0v) is 62.5. The van der Waals surface area contributed by atoms with Gasteiger partial charge in [0.1, 0.15) is 81.8 Å². The summed E-state index contributed by atoms with van der Waals surface area (Å²) in [7, 11) is 0.295. The highest BCUT2D eigenvalue weighted by Gasteiger charge is 2.61. The minimum absolute atomic E-state index is 0.0146. The van der Waals surface area contributed by atoms with E-state index in [4.69, 9.17) is 19.5 Å². The van der Waals surface area contributed by atoms with E-state index in [-0.39, 0.29) is 51.9 Å². The number of fused-ring (bicyclic) bond motifs is 2. The Hall–Kier alpha value is -6.34. The normalized spacial score (nSPS) is 23.4. The first-order chi connectivity index (χ1) is 51.4. The second-order valence-corrected chi connectivity index (χ2v) is 35.6. The Kier molecular flexibility index (Phi) is 29.9. The zero-order chi connectivity index (χ0) is 76.2. The third-order valence-corrected chi connectivity index (χ3v) is 27.6. The summed E-state index contributed by atoms with van der Waals surface area (Å²) in [6, 6.07) is 69.1. The first-order valence-corrected chi connectivity index (χ1v) is 40.4. The Balaban J connectivity index is 0.000000139. The molecule has 0 aromatic heterocycles. The molecule has 9 fully saturated rings. The van der Waals surface area contributed by atoms with Crippen LogP contribution in [0.5, 0.6) is 11.5 Å². The lowest BCUT2D eigenvalue weighted by Crippen LogP contribution is -2.57. The monoisotopic (exact) mass is 1620 g/mol. The van der Waals surface area contributed by atoms with Crippen molar-refractivity contribution in [3.63, 3.8) is 0 Å². The first kappa shape index (κ1) is 83.1. The lowest BCUT2D eigenvalue weighted by Gasteiger charge is -2.59. The number of carbonyl (C=O) groups is 5. The van der Waals surface area contributed by atoms with Crippen molar-refractivity contribution in [1.29, 1.82) is 0 Å². The predicted molar refractivity (Wildman–Crippen MR) is 382 cm³/mol. The summed E-state index contributed by atoms with van der Waals surface area (Å²) < 4.78 is 107. The molecule has 2 heterocycles. The van der Waals surface area contributed by atoms with Gasteiger partial charge in [0.05, 0.1) is 23.1 Å². The van der Waals surface area contributed by atoms with Crippen LogP contribution in [-0.4, -0.2) is 85.4 Å². The van der Waals surface area contributed by atoms with E-state index < -0.39 is 86.4 Å². The molecule has 19 nitrogen and oxygen atoms in total. The summed E-state index contributed by atoms with van der Waals surface area (Å²) in [5, 5.41) is 34.8. The summed E-state index contributed by atoms with van der Waals surface area (Å²) in [5.41, 5.74) is -1.26. The van der Waals surface area contributed by atoms with Crippen LogP contribution < -0.4 is 20.5 Å². The van der Waals surface area contributed by atoms with Gasteiger partial charge in [-0.1, -0.05) is 127 Å². The molecule has 2 aliphatic heterocycles. The molecule has 1 saturated heterocycles. The molecule has 8 bridgehead atoms. The molecule has 17 rings (SSSR count). The van der Waals surface area contributed by atoms with Crippen molar-refractivity contribution in [3.05, 3.63) is 206 Å². The van der Waals surface area contributed by atoms with Gasteiger partial charge in [0.2, 0.25) is 15.6 Å². The van der Waals surface area contributed by atoms with Gasteiger partial charge in [0.25, 0.3) is 0 Å². The molecule has 7 aromatic carbocycles. The van der Waals surface area contributed by atoms with Gasteiger partial charge in [-0.3, -0.25) is 24.7 Å². The van der Waals surface area contributed by atoms with E-state index in [1.54, 1.807) is 0 Å². The van der Waals surface area contributed by atoms with Crippen molar-refractivity contribution in [3.8, 4) is 11.5 Å². The smallest absolute Gasteiger partial charge is 0.417 e. The lowest BCUT2D eigenvalue weighted by molar-refractivity contribution is -0.777. The summed E-state index contributed by atoms with van der Waals surface area (Å²) in [4.78, 5) is 64.8. The van der Waals surface area contributed by atoms with Crippen LogP contribution in [0.3, 0.4) is 0 Å². The molecule has 7 aromatic rings. The summed E-state index contributed by atoms with van der Waals surface area (Å²) in [6.45, 7) is -0.143. The Morgan fingerprint density at radius 2 is 0.953 bits per heavy atom. The van der Waals surface area contributed by atoms with Crippen LogP contribution in [0.15, 0.2) is 230 Å². The molecule has 1 N–H and O–H groups in total. The minimum Gasteiger partial charge on any atom is -0.691 e. The summed E-state index contributed by atoms with van der Waals surface area (Å²) in [5.74, 6) is 0.802. The molecular formula is C75H73ClF6O19S6. The van der Waals surface area contributed by atoms with Crippen LogP contribution in [0.25, 0.3) is 0 Å². The van der Waals surface area contributed by atoms with E-state index in [1.165, 1.54) is 53.7 Å². The number of alkyl halides is 6. The highest BCUT2D eigenvalue weighted by molar-refractivity contribution is 7.98. The third kappa shape index (κ3) is 22.5. The molecule has 0 amide bonds. The average Bonchev–Trinajstić information content (AvgIpc) is 0.784. The molecule has 4 atom stereocenters. The third-order valence-electron chi connectivity index (χ3n) is 19.0. The Morgan fingerprint density at radius 1 is 0.533 bits per heavy atom. The van der Waals surface area contributed by atoms with Crippen molar-refractivity contribution in [2.24, 2.45) is 35.0 Å². The van der Waals surface area contributed by atoms with Crippen molar-refractivity contribution in [1.82, 2.24) is 0 Å². The van der Waals surface area contributed by atoms with Crippen molar-refractivity contribution in [2.75, 3.05) is 23.9 Å². The summed E-state index contributed by atoms with van der Waals surface area (Å²) in [6.07, 6.45) is 9.91. The van der Waals surface area contributed by atoms with Gasteiger partial charge in [-0.2, -0.15) is 39.3 Å². The number of ether oxygens (including phenoxy) is 3. The number of rotatable bonds is 22. The average molecular weight is 1620 g/mol. The second-order valence-electron chi connectivity index (χ2n) is 26.7. The maximum Gasteiger partial charge on any atom is 0.417 e. The first-order valence-electron chi connectivity index (χ1n) is 33.7.